The Morgan fingerprint density at radius 3 is 2.84 bits per heavy atom. The average Bonchev–Trinajstić information content (AvgIpc) is 2.87. The van der Waals surface area contributed by atoms with Gasteiger partial charge in [-0.25, -0.2) is 0 Å². The van der Waals surface area contributed by atoms with E-state index in [1.165, 1.54) is 11.3 Å². The lowest BCUT2D eigenvalue weighted by Gasteiger charge is -2.23. The van der Waals surface area contributed by atoms with Crippen molar-refractivity contribution < 1.29 is 4.79 Å². The largest absolute Gasteiger partial charge is 0.385 e. The molecule has 0 saturated heterocycles. The fourth-order valence-corrected chi connectivity index (χ4v) is 3.04. The minimum absolute atomic E-state index is 0.0336. The fourth-order valence-electron chi connectivity index (χ4n) is 3.04. The van der Waals surface area contributed by atoms with E-state index in [0.29, 0.717) is 0 Å². The highest BCUT2D eigenvalue weighted by Crippen LogP contribution is 2.30. The average molecular weight is 259 g/mol. The first-order chi connectivity index (χ1) is 9.17. The Kier molecular flexibility index (Phi) is 3.19. The summed E-state index contributed by atoms with van der Waals surface area (Å²) in [6.07, 6.45) is 5.91. The number of carbonyl (C=O) groups excluding carboxylic acids is 1. The van der Waals surface area contributed by atoms with Crippen LogP contribution in [0.15, 0.2) is 18.2 Å². The zero-order valence-corrected chi connectivity index (χ0v) is 11.2. The second-order valence-electron chi connectivity index (χ2n) is 5.72. The number of amides is 1. The van der Waals surface area contributed by atoms with Crippen molar-refractivity contribution >= 4 is 17.3 Å². The molecule has 1 aromatic rings. The zero-order chi connectivity index (χ0) is 13.3. The molecule has 0 aromatic heterocycles. The van der Waals surface area contributed by atoms with Crippen molar-refractivity contribution in [1.82, 2.24) is 0 Å². The number of anilines is 2. The summed E-state index contributed by atoms with van der Waals surface area (Å²) in [5, 5.41) is 6.35. The van der Waals surface area contributed by atoms with Gasteiger partial charge in [-0.2, -0.15) is 0 Å². The number of hydrogen-bond donors (Lipinski definition) is 3. The summed E-state index contributed by atoms with van der Waals surface area (Å²) in [6, 6.07) is 6.06. The van der Waals surface area contributed by atoms with Gasteiger partial charge < -0.3 is 16.4 Å². The van der Waals surface area contributed by atoms with Gasteiger partial charge in [0.25, 0.3) is 0 Å². The smallest absolute Gasteiger partial charge is 0.244 e. The standard InChI is InChI=1S/C15H21N3O/c16-15(7-1-2-8-15)14(19)18-12-5-6-13-11(10-12)4-3-9-17-13/h5-6,10,17H,1-4,7-9,16H2,(H,18,19). The third-order valence-electron chi connectivity index (χ3n) is 4.25. The maximum absolute atomic E-state index is 12.3. The monoisotopic (exact) mass is 259 g/mol. The molecule has 1 fully saturated rings. The van der Waals surface area contributed by atoms with Gasteiger partial charge in [0, 0.05) is 17.9 Å². The van der Waals surface area contributed by atoms with Gasteiger partial charge in [0.15, 0.2) is 0 Å². The van der Waals surface area contributed by atoms with Crippen LogP contribution < -0.4 is 16.4 Å². The molecule has 1 heterocycles. The zero-order valence-electron chi connectivity index (χ0n) is 11.2. The van der Waals surface area contributed by atoms with E-state index in [9.17, 15) is 4.79 Å². The van der Waals surface area contributed by atoms with Crippen molar-refractivity contribution in [2.75, 3.05) is 17.2 Å². The van der Waals surface area contributed by atoms with E-state index < -0.39 is 5.54 Å². The number of fused-ring (bicyclic) bond motifs is 1. The van der Waals surface area contributed by atoms with Gasteiger partial charge in [0.2, 0.25) is 5.91 Å². The number of nitrogens with two attached hydrogens (primary N) is 1. The summed E-state index contributed by atoms with van der Waals surface area (Å²) in [6.45, 7) is 1.03. The van der Waals surface area contributed by atoms with Crippen molar-refractivity contribution in [3.05, 3.63) is 23.8 Å². The van der Waals surface area contributed by atoms with E-state index in [4.69, 9.17) is 5.73 Å². The van der Waals surface area contributed by atoms with Gasteiger partial charge in [-0.15, -0.1) is 0 Å². The van der Waals surface area contributed by atoms with Crippen LogP contribution in [0.3, 0.4) is 0 Å². The molecular formula is C15H21N3O. The molecule has 1 amide bonds. The Morgan fingerprint density at radius 1 is 1.26 bits per heavy atom. The van der Waals surface area contributed by atoms with Crippen LogP contribution in [0.5, 0.6) is 0 Å². The molecule has 2 aliphatic rings. The van der Waals surface area contributed by atoms with Crippen LogP contribution in [-0.4, -0.2) is 18.0 Å². The SMILES string of the molecule is NC1(C(=O)Nc2ccc3c(c2)CCCN3)CCCC1. The minimum Gasteiger partial charge on any atom is -0.385 e. The first-order valence-electron chi connectivity index (χ1n) is 7.15. The van der Waals surface area contributed by atoms with E-state index in [-0.39, 0.29) is 5.91 Å². The van der Waals surface area contributed by atoms with Crippen LogP contribution >= 0.6 is 0 Å². The number of aryl methyl sites for hydroxylation is 1. The molecule has 4 N–H and O–H groups in total. The highest BCUT2D eigenvalue weighted by molar-refractivity contribution is 5.98. The lowest BCUT2D eigenvalue weighted by molar-refractivity contribution is -0.121. The van der Waals surface area contributed by atoms with Crippen molar-refractivity contribution in [2.45, 2.75) is 44.1 Å². The summed E-state index contributed by atoms with van der Waals surface area (Å²) < 4.78 is 0. The number of nitrogens with one attached hydrogen (secondary N) is 2. The number of benzene rings is 1. The Labute approximate surface area is 113 Å². The maximum atomic E-state index is 12.3. The Morgan fingerprint density at radius 2 is 2.05 bits per heavy atom. The summed E-state index contributed by atoms with van der Waals surface area (Å²) in [5.41, 5.74) is 8.84. The van der Waals surface area contributed by atoms with E-state index in [1.54, 1.807) is 0 Å². The molecule has 0 bridgehead atoms. The van der Waals surface area contributed by atoms with Crippen molar-refractivity contribution in [3.63, 3.8) is 0 Å². The molecule has 1 saturated carbocycles. The van der Waals surface area contributed by atoms with E-state index >= 15 is 0 Å². The van der Waals surface area contributed by atoms with Crippen LogP contribution in [0.25, 0.3) is 0 Å². The predicted molar refractivity (Wildman–Crippen MR) is 77.3 cm³/mol. The normalized spacial score (nSPS) is 20.5. The highest BCUT2D eigenvalue weighted by atomic mass is 16.2. The van der Waals surface area contributed by atoms with Gasteiger partial charge >= 0.3 is 0 Å². The van der Waals surface area contributed by atoms with E-state index in [1.807, 2.05) is 12.1 Å². The summed E-state index contributed by atoms with van der Waals surface area (Å²) in [7, 11) is 0. The lowest BCUT2D eigenvalue weighted by atomic mass is 9.97. The lowest BCUT2D eigenvalue weighted by Crippen LogP contribution is -2.48. The minimum atomic E-state index is -0.659. The van der Waals surface area contributed by atoms with E-state index in [0.717, 1.165) is 50.8 Å². The highest BCUT2D eigenvalue weighted by Gasteiger charge is 2.36. The second kappa shape index (κ2) is 4.85. The quantitative estimate of drug-likeness (QED) is 0.763. The summed E-state index contributed by atoms with van der Waals surface area (Å²) in [4.78, 5) is 12.3. The summed E-state index contributed by atoms with van der Waals surface area (Å²) in [5.74, 6) is -0.0336. The summed E-state index contributed by atoms with van der Waals surface area (Å²) >= 11 is 0. The Bertz CT molecular complexity index is 492. The molecule has 19 heavy (non-hydrogen) atoms. The molecule has 0 spiro atoms. The van der Waals surface area contributed by atoms with Crippen molar-refractivity contribution in [2.24, 2.45) is 5.73 Å². The first kappa shape index (κ1) is 12.5. The van der Waals surface area contributed by atoms with Gasteiger partial charge in [-0.3, -0.25) is 4.79 Å². The molecule has 0 atom stereocenters. The molecule has 102 valence electrons. The Balaban J connectivity index is 1.74. The van der Waals surface area contributed by atoms with Gasteiger partial charge in [0.05, 0.1) is 5.54 Å². The van der Waals surface area contributed by atoms with E-state index in [2.05, 4.69) is 16.7 Å². The number of carbonyl (C=O) groups is 1. The second-order valence-corrected chi connectivity index (χ2v) is 5.72. The third-order valence-corrected chi connectivity index (χ3v) is 4.25. The first-order valence-corrected chi connectivity index (χ1v) is 7.15. The fraction of sp³-hybridized carbons (Fsp3) is 0.533. The number of rotatable bonds is 2. The van der Waals surface area contributed by atoms with Gasteiger partial charge in [0.1, 0.15) is 0 Å². The molecule has 1 aliphatic carbocycles. The Hall–Kier alpha value is -1.55. The third kappa shape index (κ3) is 2.45. The van der Waals surface area contributed by atoms with Gasteiger partial charge in [-0.1, -0.05) is 12.8 Å². The number of hydrogen-bond acceptors (Lipinski definition) is 3. The van der Waals surface area contributed by atoms with Crippen LogP contribution in [0.1, 0.15) is 37.7 Å². The molecule has 1 aliphatic heterocycles. The molecule has 0 unspecified atom stereocenters. The van der Waals surface area contributed by atoms with Gasteiger partial charge in [-0.05, 0) is 49.4 Å². The van der Waals surface area contributed by atoms with Crippen LogP contribution in [0.4, 0.5) is 11.4 Å². The molecule has 4 nitrogen and oxygen atoms in total. The van der Waals surface area contributed by atoms with Crippen molar-refractivity contribution in [3.8, 4) is 0 Å². The molecule has 1 aromatic carbocycles. The maximum Gasteiger partial charge on any atom is 0.244 e. The van der Waals surface area contributed by atoms with Crippen LogP contribution in [-0.2, 0) is 11.2 Å². The predicted octanol–water partition coefficient (Wildman–Crippen LogP) is 2.25. The molecule has 4 heteroatoms. The molecular weight excluding hydrogens is 238 g/mol. The topological polar surface area (TPSA) is 67.2 Å². The van der Waals surface area contributed by atoms with Crippen molar-refractivity contribution in [1.29, 1.82) is 0 Å². The molecule has 0 radical (unpaired) electrons. The molecule has 3 rings (SSSR count). The van der Waals surface area contributed by atoms with Crippen LogP contribution in [0.2, 0.25) is 0 Å². The van der Waals surface area contributed by atoms with Crippen LogP contribution in [0, 0.1) is 0 Å².